The highest BCUT2D eigenvalue weighted by atomic mass is 35.5. The normalized spacial score (nSPS) is 12.7. The summed E-state index contributed by atoms with van der Waals surface area (Å²) in [6, 6.07) is 2.05. The van der Waals surface area contributed by atoms with Crippen molar-refractivity contribution in [1.82, 2.24) is 25.1 Å². The molecule has 2 aromatic heterocycles. The molecule has 1 N–H and O–H groups in total. The van der Waals surface area contributed by atoms with E-state index in [-0.39, 0.29) is 6.04 Å². The van der Waals surface area contributed by atoms with Crippen LogP contribution in [-0.2, 0) is 13.5 Å². The van der Waals surface area contributed by atoms with Gasteiger partial charge in [0.1, 0.15) is 5.82 Å². The molecule has 6 heteroatoms. The highest BCUT2D eigenvalue weighted by Gasteiger charge is 2.19. The summed E-state index contributed by atoms with van der Waals surface area (Å²) in [5.41, 5.74) is 2.86. The zero-order valence-electron chi connectivity index (χ0n) is 12.3. The van der Waals surface area contributed by atoms with Crippen molar-refractivity contribution in [2.24, 2.45) is 7.05 Å². The van der Waals surface area contributed by atoms with Crippen molar-refractivity contribution >= 4 is 11.6 Å². The van der Waals surface area contributed by atoms with Crippen LogP contribution in [0.25, 0.3) is 0 Å². The first-order valence-corrected chi connectivity index (χ1v) is 7.11. The number of nitrogens with zero attached hydrogens (tertiary/aromatic N) is 4. The van der Waals surface area contributed by atoms with Gasteiger partial charge in [0.25, 0.3) is 0 Å². The highest BCUT2D eigenvalue weighted by molar-refractivity contribution is 6.31. The number of hydrogen-bond acceptors (Lipinski definition) is 4. The van der Waals surface area contributed by atoms with Gasteiger partial charge in [-0.05, 0) is 26.5 Å². The molecule has 1 atom stereocenters. The van der Waals surface area contributed by atoms with E-state index in [9.17, 15) is 0 Å². The molecular formula is C14H20ClN5. The van der Waals surface area contributed by atoms with Crippen LogP contribution in [-0.4, -0.2) is 26.3 Å². The van der Waals surface area contributed by atoms with Crippen molar-refractivity contribution < 1.29 is 0 Å². The summed E-state index contributed by atoms with van der Waals surface area (Å²) in [5.74, 6) is 0.776. The molecule has 2 rings (SSSR count). The smallest absolute Gasteiger partial charge is 0.125 e. The minimum Gasteiger partial charge on any atom is -0.309 e. The summed E-state index contributed by atoms with van der Waals surface area (Å²) in [5, 5.41) is 8.54. The van der Waals surface area contributed by atoms with Gasteiger partial charge in [0.15, 0.2) is 0 Å². The predicted octanol–water partition coefficient (Wildman–Crippen LogP) is 2.37. The Hall–Kier alpha value is -1.46. The summed E-state index contributed by atoms with van der Waals surface area (Å²) < 4.78 is 1.84. The van der Waals surface area contributed by atoms with Crippen LogP contribution in [0.15, 0.2) is 12.3 Å². The average molecular weight is 294 g/mol. The molecule has 0 saturated heterocycles. The van der Waals surface area contributed by atoms with Gasteiger partial charge in [-0.15, -0.1) is 0 Å². The molecule has 0 aliphatic heterocycles. The van der Waals surface area contributed by atoms with Crippen molar-refractivity contribution in [3.63, 3.8) is 0 Å². The first kappa shape index (κ1) is 14.9. The molecule has 0 radical (unpaired) electrons. The SMILES string of the molecule is CCNC(Cc1c(Cl)c(C)nn1C)c1ccnc(C)n1. The van der Waals surface area contributed by atoms with E-state index in [1.165, 1.54) is 0 Å². The van der Waals surface area contributed by atoms with Gasteiger partial charge >= 0.3 is 0 Å². The minimum atomic E-state index is 0.106. The minimum absolute atomic E-state index is 0.106. The van der Waals surface area contributed by atoms with Crippen molar-refractivity contribution in [3.05, 3.63) is 40.2 Å². The molecule has 0 saturated carbocycles. The van der Waals surface area contributed by atoms with E-state index in [1.807, 2.05) is 31.6 Å². The van der Waals surface area contributed by atoms with Crippen LogP contribution >= 0.6 is 11.6 Å². The second-order valence-corrected chi connectivity index (χ2v) is 5.19. The zero-order valence-corrected chi connectivity index (χ0v) is 13.1. The summed E-state index contributed by atoms with van der Waals surface area (Å²) in [6.07, 6.45) is 2.54. The third kappa shape index (κ3) is 3.16. The van der Waals surface area contributed by atoms with Gasteiger partial charge in [-0.3, -0.25) is 4.68 Å². The number of aryl methyl sites for hydroxylation is 3. The van der Waals surface area contributed by atoms with E-state index >= 15 is 0 Å². The summed E-state index contributed by atoms with van der Waals surface area (Å²) in [7, 11) is 1.92. The molecule has 108 valence electrons. The molecule has 5 nitrogen and oxygen atoms in total. The van der Waals surface area contributed by atoms with Crippen LogP contribution < -0.4 is 5.32 Å². The molecule has 0 aromatic carbocycles. The van der Waals surface area contributed by atoms with E-state index < -0.39 is 0 Å². The largest absolute Gasteiger partial charge is 0.309 e. The van der Waals surface area contributed by atoms with Crippen molar-refractivity contribution in [3.8, 4) is 0 Å². The van der Waals surface area contributed by atoms with E-state index in [4.69, 9.17) is 11.6 Å². The van der Waals surface area contributed by atoms with Crippen LogP contribution in [0.2, 0.25) is 5.02 Å². The Bertz CT molecular complexity index is 593. The van der Waals surface area contributed by atoms with Crippen LogP contribution in [0.5, 0.6) is 0 Å². The van der Waals surface area contributed by atoms with Crippen LogP contribution in [0, 0.1) is 13.8 Å². The van der Waals surface area contributed by atoms with Crippen LogP contribution in [0.4, 0.5) is 0 Å². The second kappa shape index (κ2) is 6.33. The average Bonchev–Trinajstić information content (AvgIpc) is 2.64. The zero-order chi connectivity index (χ0) is 14.7. The maximum absolute atomic E-state index is 6.33. The molecule has 0 aliphatic rings. The van der Waals surface area contributed by atoms with Gasteiger partial charge in [-0.25, -0.2) is 9.97 Å². The maximum atomic E-state index is 6.33. The van der Waals surface area contributed by atoms with Gasteiger partial charge in [0.05, 0.1) is 28.1 Å². The summed E-state index contributed by atoms with van der Waals surface area (Å²) in [6.45, 7) is 6.76. The maximum Gasteiger partial charge on any atom is 0.125 e. The van der Waals surface area contributed by atoms with Gasteiger partial charge in [-0.1, -0.05) is 18.5 Å². The lowest BCUT2D eigenvalue weighted by atomic mass is 10.1. The van der Waals surface area contributed by atoms with Crippen molar-refractivity contribution in [2.75, 3.05) is 6.54 Å². The molecule has 2 aromatic rings. The molecule has 1 unspecified atom stereocenters. The number of nitrogens with one attached hydrogen (secondary N) is 1. The Morgan fingerprint density at radius 1 is 1.40 bits per heavy atom. The molecule has 0 fully saturated rings. The van der Waals surface area contributed by atoms with Crippen molar-refractivity contribution in [2.45, 2.75) is 33.2 Å². The number of halogens is 1. The molecule has 20 heavy (non-hydrogen) atoms. The standard InChI is InChI=1S/C14H20ClN5/c1-5-16-12(11-6-7-17-10(3)18-11)8-13-14(15)9(2)19-20(13)4/h6-7,12,16H,5,8H2,1-4H3. The second-order valence-electron chi connectivity index (χ2n) is 4.81. The van der Waals surface area contributed by atoms with Gasteiger partial charge in [0.2, 0.25) is 0 Å². The third-order valence-electron chi connectivity index (χ3n) is 3.26. The molecule has 0 aliphatic carbocycles. The fourth-order valence-corrected chi connectivity index (χ4v) is 2.53. The van der Waals surface area contributed by atoms with Crippen molar-refractivity contribution in [1.29, 1.82) is 0 Å². The monoisotopic (exact) mass is 293 g/mol. The van der Waals surface area contributed by atoms with E-state index in [1.54, 1.807) is 6.20 Å². The molecule has 0 spiro atoms. The van der Waals surface area contributed by atoms with Gasteiger partial charge in [0, 0.05) is 19.7 Å². The topological polar surface area (TPSA) is 55.6 Å². The number of hydrogen-bond donors (Lipinski definition) is 1. The quantitative estimate of drug-likeness (QED) is 0.919. The predicted molar refractivity (Wildman–Crippen MR) is 79.8 cm³/mol. The summed E-state index contributed by atoms with van der Waals surface area (Å²) >= 11 is 6.33. The van der Waals surface area contributed by atoms with E-state index in [0.717, 1.165) is 40.9 Å². The first-order chi connectivity index (χ1) is 9.52. The summed E-state index contributed by atoms with van der Waals surface area (Å²) in [4.78, 5) is 8.65. The Labute approximate surface area is 124 Å². The fourth-order valence-electron chi connectivity index (χ4n) is 2.29. The Morgan fingerprint density at radius 2 is 2.15 bits per heavy atom. The molecule has 2 heterocycles. The number of likely N-dealkylation sites (N-methyl/N-ethyl adjacent to an activating group) is 1. The lowest BCUT2D eigenvalue weighted by molar-refractivity contribution is 0.515. The number of aromatic nitrogens is 4. The van der Waals surface area contributed by atoms with E-state index in [0.29, 0.717) is 0 Å². The lowest BCUT2D eigenvalue weighted by Gasteiger charge is -2.18. The van der Waals surface area contributed by atoms with Crippen LogP contribution in [0.3, 0.4) is 0 Å². The first-order valence-electron chi connectivity index (χ1n) is 6.73. The molecule has 0 bridgehead atoms. The fraction of sp³-hybridized carbons (Fsp3) is 0.500. The van der Waals surface area contributed by atoms with Gasteiger partial charge in [-0.2, -0.15) is 5.10 Å². The van der Waals surface area contributed by atoms with Crippen LogP contribution in [0.1, 0.15) is 35.9 Å². The molecule has 0 amide bonds. The molecular weight excluding hydrogens is 274 g/mol. The Kier molecular flexibility index (Phi) is 4.73. The third-order valence-corrected chi connectivity index (χ3v) is 3.76. The van der Waals surface area contributed by atoms with Gasteiger partial charge < -0.3 is 5.32 Å². The number of rotatable bonds is 5. The highest BCUT2D eigenvalue weighted by Crippen LogP contribution is 2.24. The lowest BCUT2D eigenvalue weighted by Crippen LogP contribution is -2.25. The Morgan fingerprint density at radius 3 is 2.70 bits per heavy atom. The Balaban J connectivity index is 2.30. The van der Waals surface area contributed by atoms with E-state index in [2.05, 4.69) is 27.3 Å².